The van der Waals surface area contributed by atoms with Crippen LogP contribution in [0.2, 0.25) is 0 Å². The molecule has 0 aliphatic heterocycles. The fourth-order valence-electron chi connectivity index (χ4n) is 6.45. The molecule has 0 amide bonds. The first-order valence-corrected chi connectivity index (χ1v) is 14.8. The molecule has 0 spiro atoms. The number of benzene rings is 5. The molecule has 8 aromatic rings. The number of pyridine rings is 1. The molecular formula is C39H32N4. The second-order valence-electron chi connectivity index (χ2n) is 12.5. The van der Waals surface area contributed by atoms with Gasteiger partial charge in [-0.2, -0.15) is 0 Å². The average molecular weight is 557 g/mol. The molecule has 43 heavy (non-hydrogen) atoms. The molecule has 0 fully saturated rings. The number of fused-ring (bicyclic) bond motifs is 5. The van der Waals surface area contributed by atoms with Crippen molar-refractivity contribution in [2.45, 2.75) is 26.2 Å². The van der Waals surface area contributed by atoms with Gasteiger partial charge in [0, 0.05) is 46.2 Å². The molecule has 0 radical (unpaired) electrons. The van der Waals surface area contributed by atoms with Crippen molar-refractivity contribution in [1.29, 1.82) is 0 Å². The zero-order chi connectivity index (χ0) is 29.3. The smallest absolute Gasteiger partial charge is 0.143 e. The molecule has 4 heteroatoms. The number of hydrogen-bond acceptors (Lipinski definition) is 2. The summed E-state index contributed by atoms with van der Waals surface area (Å²) in [6.07, 6.45) is 1.86. The Hall–Kier alpha value is -5.22. The average Bonchev–Trinajstić information content (AvgIpc) is 3.57. The number of rotatable bonds is 3. The van der Waals surface area contributed by atoms with Crippen molar-refractivity contribution >= 4 is 43.6 Å². The van der Waals surface area contributed by atoms with Gasteiger partial charge in [-0.15, -0.1) is 0 Å². The number of hydrogen-bond donors (Lipinski definition) is 1. The van der Waals surface area contributed by atoms with Gasteiger partial charge in [-0.1, -0.05) is 81.4 Å². The lowest BCUT2D eigenvalue weighted by Gasteiger charge is -2.20. The van der Waals surface area contributed by atoms with Gasteiger partial charge < -0.3 is 9.55 Å². The molecule has 3 aromatic heterocycles. The van der Waals surface area contributed by atoms with Gasteiger partial charge in [0.05, 0.1) is 22.2 Å². The normalized spacial score (nSPS) is 12.2. The van der Waals surface area contributed by atoms with Crippen LogP contribution in [0.4, 0.5) is 0 Å². The van der Waals surface area contributed by atoms with Crippen LogP contribution in [0.25, 0.3) is 77.4 Å². The van der Waals surface area contributed by atoms with Gasteiger partial charge in [0.1, 0.15) is 5.82 Å². The van der Waals surface area contributed by atoms with E-state index in [0.29, 0.717) is 0 Å². The van der Waals surface area contributed by atoms with E-state index in [0.717, 1.165) is 55.8 Å². The Bertz CT molecular complexity index is 2330. The Morgan fingerprint density at radius 1 is 0.674 bits per heavy atom. The molecule has 0 saturated heterocycles. The molecule has 8 rings (SSSR count). The number of aromatic nitrogens is 4. The summed E-state index contributed by atoms with van der Waals surface area (Å²) in [6, 6.07) is 38.9. The molecule has 0 atom stereocenters. The monoisotopic (exact) mass is 556 g/mol. The summed E-state index contributed by atoms with van der Waals surface area (Å²) >= 11 is 0. The molecule has 5 aromatic carbocycles. The minimum Gasteiger partial charge on any atom is -0.354 e. The Balaban J connectivity index is 1.40. The Morgan fingerprint density at radius 3 is 2.28 bits per heavy atom. The van der Waals surface area contributed by atoms with Crippen LogP contribution in [0.5, 0.6) is 0 Å². The third-order valence-electron chi connectivity index (χ3n) is 8.75. The predicted molar refractivity (Wildman–Crippen MR) is 180 cm³/mol. The summed E-state index contributed by atoms with van der Waals surface area (Å²) in [7, 11) is 2.13. The quantitative estimate of drug-likeness (QED) is 0.235. The van der Waals surface area contributed by atoms with Gasteiger partial charge in [0.25, 0.3) is 0 Å². The minimum atomic E-state index is -0.00989. The first-order chi connectivity index (χ1) is 20.9. The molecule has 0 bridgehead atoms. The second kappa shape index (κ2) is 9.40. The predicted octanol–water partition coefficient (Wildman–Crippen LogP) is 10.1. The molecule has 0 saturated carbocycles. The van der Waals surface area contributed by atoms with E-state index in [1.807, 2.05) is 18.3 Å². The fourth-order valence-corrected chi connectivity index (χ4v) is 6.45. The third-order valence-corrected chi connectivity index (χ3v) is 8.75. The van der Waals surface area contributed by atoms with Gasteiger partial charge in [0.2, 0.25) is 0 Å². The first kappa shape index (κ1) is 25.5. The Labute approximate surface area is 250 Å². The summed E-state index contributed by atoms with van der Waals surface area (Å²) in [5.74, 6) is 0.954. The highest BCUT2D eigenvalue weighted by molar-refractivity contribution is 6.12. The number of H-pyrrole nitrogens is 1. The molecule has 4 nitrogen and oxygen atoms in total. The van der Waals surface area contributed by atoms with Crippen molar-refractivity contribution in [2.75, 3.05) is 0 Å². The second-order valence-corrected chi connectivity index (χ2v) is 12.5. The SMILES string of the molecule is Cn1c(-c2cc(C(C)(C)C)cc3c2[nH]c2ccccc23)nc2c(-c3cc(-c4ccccn4)c4ccccc4c3)cccc21. The largest absolute Gasteiger partial charge is 0.354 e. The number of para-hydroxylation sites is 2. The van der Waals surface area contributed by atoms with Gasteiger partial charge >= 0.3 is 0 Å². The van der Waals surface area contributed by atoms with E-state index < -0.39 is 0 Å². The van der Waals surface area contributed by atoms with Crippen molar-refractivity contribution < 1.29 is 0 Å². The Morgan fingerprint density at radius 2 is 1.47 bits per heavy atom. The van der Waals surface area contributed by atoms with Gasteiger partial charge in [-0.25, -0.2) is 4.98 Å². The maximum atomic E-state index is 5.41. The van der Waals surface area contributed by atoms with Crippen LogP contribution in [0.15, 0.2) is 115 Å². The summed E-state index contributed by atoms with van der Waals surface area (Å²) in [5, 5.41) is 4.85. The number of imidazole rings is 1. The van der Waals surface area contributed by atoms with Crippen LogP contribution in [0.1, 0.15) is 26.3 Å². The Kier molecular flexibility index (Phi) is 5.57. The summed E-state index contributed by atoms with van der Waals surface area (Å²) in [5.41, 5.74) is 11.1. The van der Waals surface area contributed by atoms with E-state index in [-0.39, 0.29) is 5.41 Å². The molecule has 3 heterocycles. The number of nitrogens with zero attached hydrogens (tertiary/aromatic N) is 3. The van der Waals surface area contributed by atoms with Crippen LogP contribution in [-0.2, 0) is 12.5 Å². The highest BCUT2D eigenvalue weighted by atomic mass is 15.1. The van der Waals surface area contributed by atoms with E-state index >= 15 is 0 Å². The van der Waals surface area contributed by atoms with Crippen molar-refractivity contribution in [2.24, 2.45) is 7.05 Å². The standard InChI is InChI=1S/C39H32N4/c1-39(2,3)26-22-31-29-14-7-8-17-34(29)41-36(31)32(23-26)38-42-37-28(15-11-18-35(37)43(38)4)25-20-24-12-5-6-13-27(24)30(21-25)33-16-9-10-19-40-33/h5-23,41H,1-4H3. The maximum absolute atomic E-state index is 5.41. The molecular weight excluding hydrogens is 524 g/mol. The number of nitrogens with one attached hydrogen (secondary N) is 1. The van der Waals surface area contributed by atoms with Crippen LogP contribution in [0.3, 0.4) is 0 Å². The molecule has 0 aliphatic carbocycles. The van der Waals surface area contributed by atoms with Crippen molar-refractivity contribution in [1.82, 2.24) is 19.5 Å². The van der Waals surface area contributed by atoms with Crippen LogP contribution >= 0.6 is 0 Å². The van der Waals surface area contributed by atoms with Crippen molar-refractivity contribution in [3.63, 3.8) is 0 Å². The van der Waals surface area contributed by atoms with E-state index in [1.54, 1.807) is 0 Å². The van der Waals surface area contributed by atoms with Crippen LogP contribution < -0.4 is 0 Å². The van der Waals surface area contributed by atoms with E-state index in [2.05, 4.69) is 134 Å². The minimum absolute atomic E-state index is 0.00989. The first-order valence-electron chi connectivity index (χ1n) is 14.8. The summed E-state index contributed by atoms with van der Waals surface area (Å²) < 4.78 is 2.24. The maximum Gasteiger partial charge on any atom is 0.143 e. The van der Waals surface area contributed by atoms with E-state index in [4.69, 9.17) is 9.97 Å². The third kappa shape index (κ3) is 4.05. The lowest BCUT2D eigenvalue weighted by Crippen LogP contribution is -2.11. The molecule has 208 valence electrons. The zero-order valence-corrected chi connectivity index (χ0v) is 24.8. The lowest BCUT2D eigenvalue weighted by atomic mass is 9.85. The van der Waals surface area contributed by atoms with E-state index in [9.17, 15) is 0 Å². The molecule has 0 aliphatic rings. The van der Waals surface area contributed by atoms with Gasteiger partial charge in [-0.3, -0.25) is 4.98 Å². The van der Waals surface area contributed by atoms with Crippen molar-refractivity contribution in [3.8, 4) is 33.8 Å². The zero-order valence-electron chi connectivity index (χ0n) is 24.8. The molecule has 0 unspecified atom stereocenters. The van der Waals surface area contributed by atoms with Gasteiger partial charge in [0.15, 0.2) is 0 Å². The topological polar surface area (TPSA) is 46.5 Å². The fraction of sp³-hybridized carbons (Fsp3) is 0.128. The van der Waals surface area contributed by atoms with Crippen LogP contribution in [0, 0.1) is 0 Å². The number of aromatic amines is 1. The highest BCUT2D eigenvalue weighted by Crippen LogP contribution is 2.40. The summed E-state index contributed by atoms with van der Waals surface area (Å²) in [6.45, 7) is 6.83. The van der Waals surface area contributed by atoms with Crippen molar-refractivity contribution in [3.05, 3.63) is 121 Å². The van der Waals surface area contributed by atoms with E-state index in [1.165, 1.54) is 27.1 Å². The van der Waals surface area contributed by atoms with Gasteiger partial charge in [-0.05, 0) is 75.8 Å². The summed E-state index contributed by atoms with van der Waals surface area (Å²) in [4.78, 5) is 13.8. The number of aryl methyl sites for hydroxylation is 1. The lowest BCUT2D eigenvalue weighted by molar-refractivity contribution is 0.591. The van der Waals surface area contributed by atoms with Crippen LogP contribution in [-0.4, -0.2) is 19.5 Å². The highest BCUT2D eigenvalue weighted by Gasteiger charge is 2.22. The molecule has 1 N–H and O–H groups in total.